The van der Waals surface area contributed by atoms with Crippen molar-refractivity contribution in [3.8, 4) is 16.9 Å². The second-order valence-electron chi connectivity index (χ2n) is 9.11. The van der Waals surface area contributed by atoms with Crippen molar-refractivity contribution in [3.05, 3.63) is 54.1 Å². The highest BCUT2D eigenvalue weighted by molar-refractivity contribution is 6.05. The van der Waals surface area contributed by atoms with Crippen LogP contribution in [0.3, 0.4) is 0 Å². The summed E-state index contributed by atoms with van der Waals surface area (Å²) in [5.74, 6) is 0.357. The summed E-state index contributed by atoms with van der Waals surface area (Å²) in [7, 11) is 3.08. The van der Waals surface area contributed by atoms with Gasteiger partial charge in [-0.05, 0) is 36.6 Å². The number of carbonyl (C=O) groups is 2. The highest BCUT2D eigenvalue weighted by atomic mass is 16.6. The van der Waals surface area contributed by atoms with Gasteiger partial charge in [-0.1, -0.05) is 48.3 Å². The minimum absolute atomic E-state index is 0.0488. The normalized spacial score (nSPS) is 23.2. The van der Waals surface area contributed by atoms with Crippen LogP contribution in [-0.4, -0.2) is 67.0 Å². The number of hydrogen-bond acceptors (Lipinski definition) is 6. The molecule has 2 aromatic rings. The van der Waals surface area contributed by atoms with Gasteiger partial charge in [0, 0.05) is 36.1 Å². The first-order valence-electron chi connectivity index (χ1n) is 12.1. The number of aliphatic hydroxyl groups is 1. The molecule has 2 aromatic carbocycles. The van der Waals surface area contributed by atoms with Crippen molar-refractivity contribution in [2.24, 2.45) is 11.1 Å². The van der Waals surface area contributed by atoms with Gasteiger partial charge in [-0.25, -0.2) is 0 Å². The molecule has 1 saturated carbocycles. The molecule has 8 heteroatoms. The summed E-state index contributed by atoms with van der Waals surface area (Å²) in [6, 6.07) is 14.3. The third kappa shape index (κ3) is 5.48. The number of benzene rings is 2. The van der Waals surface area contributed by atoms with Gasteiger partial charge in [0.25, 0.3) is 5.91 Å². The van der Waals surface area contributed by atoms with Gasteiger partial charge in [-0.15, -0.1) is 0 Å². The lowest BCUT2D eigenvalue weighted by Gasteiger charge is -2.33. The second-order valence-corrected chi connectivity index (χ2v) is 9.11. The van der Waals surface area contributed by atoms with E-state index in [0.29, 0.717) is 17.7 Å². The zero-order chi connectivity index (χ0) is 24.8. The van der Waals surface area contributed by atoms with Crippen molar-refractivity contribution in [2.75, 3.05) is 27.4 Å². The fraction of sp³-hybridized carbons (Fsp3) is 0.444. The van der Waals surface area contributed by atoms with Gasteiger partial charge in [-0.3, -0.25) is 9.59 Å². The summed E-state index contributed by atoms with van der Waals surface area (Å²) in [6.07, 6.45) is 4.12. The molecule has 3 atom stereocenters. The number of carbonyl (C=O) groups excluding carboxylic acids is 2. The predicted molar refractivity (Wildman–Crippen MR) is 133 cm³/mol. The zero-order valence-electron chi connectivity index (χ0n) is 20.3. The van der Waals surface area contributed by atoms with Crippen LogP contribution in [-0.2, 0) is 9.63 Å². The number of hydrogen-bond donors (Lipinski definition) is 2. The van der Waals surface area contributed by atoms with E-state index in [0.717, 1.165) is 42.6 Å². The molecule has 0 spiro atoms. The van der Waals surface area contributed by atoms with Gasteiger partial charge in [-0.2, -0.15) is 0 Å². The Hall–Kier alpha value is -3.39. The Labute approximate surface area is 205 Å². The maximum Gasteiger partial charge on any atom is 0.254 e. The summed E-state index contributed by atoms with van der Waals surface area (Å²) >= 11 is 0. The van der Waals surface area contributed by atoms with Crippen LogP contribution in [0.15, 0.2) is 53.7 Å². The summed E-state index contributed by atoms with van der Waals surface area (Å²) < 4.78 is 5.45. The number of amides is 2. The van der Waals surface area contributed by atoms with Gasteiger partial charge < -0.3 is 24.9 Å². The topological polar surface area (TPSA) is 100 Å². The minimum Gasteiger partial charge on any atom is -0.496 e. The molecule has 0 unspecified atom stereocenters. The second kappa shape index (κ2) is 11.4. The first-order valence-corrected chi connectivity index (χ1v) is 12.1. The molecule has 8 nitrogen and oxygen atoms in total. The highest BCUT2D eigenvalue weighted by Gasteiger charge is 2.40. The lowest BCUT2D eigenvalue weighted by Crippen LogP contribution is -2.51. The summed E-state index contributed by atoms with van der Waals surface area (Å²) in [5.41, 5.74) is 3.01. The number of para-hydroxylation sites is 1. The van der Waals surface area contributed by atoms with Crippen molar-refractivity contribution in [3.63, 3.8) is 0 Å². The van der Waals surface area contributed by atoms with Crippen LogP contribution in [0.25, 0.3) is 11.1 Å². The van der Waals surface area contributed by atoms with Gasteiger partial charge >= 0.3 is 0 Å². The van der Waals surface area contributed by atoms with Gasteiger partial charge in [0.1, 0.15) is 18.9 Å². The predicted octanol–water partition coefficient (Wildman–Crippen LogP) is 3.25. The number of nitrogens with zero attached hydrogens (tertiary/aromatic N) is 2. The SMILES string of the molecule is CO/N=C1\C[C@@H](C(=O)N[C@@H]2CCCC[C@H]2CO)N(C(=O)c2ccc(-c3ccccc3OC)cc2)C1. The molecule has 1 heterocycles. The molecule has 186 valence electrons. The largest absolute Gasteiger partial charge is 0.496 e. The van der Waals surface area contributed by atoms with Crippen molar-refractivity contribution >= 4 is 17.5 Å². The van der Waals surface area contributed by atoms with Crippen molar-refractivity contribution in [1.29, 1.82) is 0 Å². The molecule has 0 aromatic heterocycles. The molecule has 2 fully saturated rings. The quantitative estimate of drug-likeness (QED) is 0.594. The monoisotopic (exact) mass is 479 g/mol. The maximum absolute atomic E-state index is 13.5. The summed E-state index contributed by atoms with van der Waals surface area (Å²) in [5, 5.41) is 16.8. The molecule has 4 rings (SSSR count). The van der Waals surface area contributed by atoms with Crippen molar-refractivity contribution in [2.45, 2.75) is 44.2 Å². The van der Waals surface area contributed by atoms with Crippen LogP contribution < -0.4 is 10.1 Å². The molecule has 1 aliphatic heterocycles. The van der Waals surface area contributed by atoms with Crippen LogP contribution in [0.1, 0.15) is 42.5 Å². The average molecular weight is 480 g/mol. The molecule has 2 aliphatic rings. The summed E-state index contributed by atoms with van der Waals surface area (Å²) in [4.78, 5) is 33.3. The van der Waals surface area contributed by atoms with Gasteiger partial charge in [0.05, 0.1) is 19.4 Å². The number of ether oxygens (including phenoxy) is 1. The molecule has 0 radical (unpaired) electrons. The minimum atomic E-state index is -0.674. The molecule has 2 amide bonds. The molecule has 35 heavy (non-hydrogen) atoms. The Morgan fingerprint density at radius 1 is 1.09 bits per heavy atom. The molecular formula is C27H33N3O5. The summed E-state index contributed by atoms with van der Waals surface area (Å²) in [6.45, 7) is 0.278. The van der Waals surface area contributed by atoms with E-state index in [2.05, 4.69) is 10.5 Å². The Kier molecular flexibility index (Phi) is 8.02. The Bertz CT molecular complexity index is 1070. The van der Waals surface area contributed by atoms with Crippen molar-refractivity contribution < 1.29 is 24.3 Å². The lowest BCUT2D eigenvalue weighted by atomic mass is 9.85. The fourth-order valence-electron chi connectivity index (χ4n) is 5.08. The first-order chi connectivity index (χ1) is 17.0. The van der Waals surface area contributed by atoms with Crippen LogP contribution in [0.5, 0.6) is 5.75 Å². The number of oxime groups is 1. The van der Waals surface area contributed by atoms with Crippen LogP contribution in [0, 0.1) is 5.92 Å². The van der Waals surface area contributed by atoms with E-state index < -0.39 is 6.04 Å². The van der Waals surface area contributed by atoms with Gasteiger partial charge in [0.2, 0.25) is 5.91 Å². The van der Waals surface area contributed by atoms with E-state index in [1.165, 1.54) is 7.11 Å². The van der Waals surface area contributed by atoms with E-state index in [-0.39, 0.29) is 36.9 Å². The van der Waals surface area contributed by atoms with Gasteiger partial charge in [0.15, 0.2) is 0 Å². The molecule has 1 aliphatic carbocycles. The van der Waals surface area contributed by atoms with E-state index in [4.69, 9.17) is 9.57 Å². The number of rotatable bonds is 7. The van der Waals surface area contributed by atoms with E-state index >= 15 is 0 Å². The maximum atomic E-state index is 13.5. The lowest BCUT2D eigenvalue weighted by molar-refractivity contribution is -0.126. The molecular weight excluding hydrogens is 446 g/mol. The highest BCUT2D eigenvalue weighted by Crippen LogP contribution is 2.30. The third-order valence-electron chi connectivity index (χ3n) is 6.96. The van der Waals surface area contributed by atoms with Crippen LogP contribution in [0.4, 0.5) is 0 Å². The van der Waals surface area contributed by atoms with E-state index in [1.807, 2.05) is 36.4 Å². The van der Waals surface area contributed by atoms with Crippen LogP contribution in [0.2, 0.25) is 0 Å². The fourth-order valence-corrected chi connectivity index (χ4v) is 5.08. The number of aliphatic hydroxyl groups excluding tert-OH is 1. The van der Waals surface area contributed by atoms with E-state index in [1.54, 1.807) is 24.1 Å². The Morgan fingerprint density at radius 3 is 2.54 bits per heavy atom. The number of nitrogens with one attached hydrogen (secondary N) is 1. The van der Waals surface area contributed by atoms with Crippen LogP contribution >= 0.6 is 0 Å². The molecule has 1 saturated heterocycles. The van der Waals surface area contributed by atoms with E-state index in [9.17, 15) is 14.7 Å². The molecule has 2 N–H and O–H groups in total. The third-order valence-corrected chi connectivity index (χ3v) is 6.96. The number of likely N-dealkylation sites (tertiary alicyclic amines) is 1. The zero-order valence-corrected chi connectivity index (χ0v) is 20.3. The molecule has 0 bridgehead atoms. The van der Waals surface area contributed by atoms with Crippen molar-refractivity contribution in [1.82, 2.24) is 10.2 Å². The first kappa shape index (κ1) is 24.7. The smallest absolute Gasteiger partial charge is 0.254 e. The average Bonchev–Trinajstić information content (AvgIpc) is 3.33. The Balaban J connectivity index is 1.53. The standard InChI is InChI=1S/C27H33N3O5/c1-34-25-10-6-4-8-22(25)18-11-13-19(14-12-18)27(33)30-16-21(29-35-2)15-24(30)26(32)28-23-9-5-3-7-20(23)17-31/h4,6,8,10-14,20,23-24,31H,3,5,7,9,15-17H2,1-2H3,(H,28,32)/b29-21+/t20-,23+,24-/m0/s1. The Morgan fingerprint density at radius 2 is 1.83 bits per heavy atom. The number of methoxy groups -OCH3 is 1.